The van der Waals surface area contributed by atoms with E-state index in [4.69, 9.17) is 15.8 Å². The average Bonchev–Trinajstić information content (AvgIpc) is 3.50. The van der Waals surface area contributed by atoms with Gasteiger partial charge in [-0.25, -0.2) is 0 Å². The molecule has 0 amide bonds. The van der Waals surface area contributed by atoms with Gasteiger partial charge in [-0.3, -0.25) is 0 Å². The number of nitrogens with zero attached hydrogens (tertiary/aromatic N) is 6. The normalized spacial score (nSPS) is 12.5. The Morgan fingerprint density at radius 1 is 0.264 bits per heavy atom. The van der Waals surface area contributed by atoms with Gasteiger partial charge in [0.2, 0.25) is 0 Å². The van der Waals surface area contributed by atoms with Crippen molar-refractivity contribution in [1.82, 2.24) is 14.7 Å². The number of nitriles is 3. The second-order valence-corrected chi connectivity index (χ2v) is 17.6. The van der Waals surface area contributed by atoms with Crippen LogP contribution in [0.4, 0.5) is 0 Å². The summed E-state index contributed by atoms with van der Waals surface area (Å²) in [6.07, 6.45) is -2.43. The summed E-state index contributed by atoms with van der Waals surface area (Å²) < 4.78 is 0. The molecule has 368 valence electrons. The van der Waals surface area contributed by atoms with E-state index in [1.807, 2.05) is 0 Å². The predicted molar refractivity (Wildman–Crippen MR) is 306 cm³/mol. The van der Waals surface area contributed by atoms with Crippen molar-refractivity contribution in [2.45, 2.75) is 20.8 Å². The minimum Gasteiger partial charge on any atom is -0.304 e. The molecule has 0 aromatic heterocycles. The molecule has 1 aliphatic heterocycles. The Bertz CT molecular complexity index is 2200. The largest absolute Gasteiger partial charge is 2.00 e. The summed E-state index contributed by atoms with van der Waals surface area (Å²) in [7, 11) is 6.60. The SMILES string of the molecule is CC#N.CC#N.CC#N.CN1CCN(C)CCN(C)CC1.[Ni+2].c1ccc([B-](c2ccccc2)(c2ccccc2)c2ccccc2)cc1.c1ccc([B-](c2ccccc2)(c2ccccc2)c2ccccc2)cc1. The summed E-state index contributed by atoms with van der Waals surface area (Å²) in [6, 6.07) is 92.3. The van der Waals surface area contributed by atoms with Crippen LogP contribution in [0.3, 0.4) is 0 Å². The molecule has 9 heteroatoms. The van der Waals surface area contributed by atoms with Crippen molar-refractivity contribution < 1.29 is 16.5 Å². The smallest absolute Gasteiger partial charge is 0.304 e. The van der Waals surface area contributed by atoms with Crippen molar-refractivity contribution in [3.05, 3.63) is 243 Å². The quantitative estimate of drug-likeness (QED) is 0.147. The summed E-state index contributed by atoms with van der Waals surface area (Å²) in [5.41, 5.74) is 10.7. The van der Waals surface area contributed by atoms with Crippen molar-refractivity contribution in [2.75, 3.05) is 60.4 Å². The standard InChI is InChI=1S/2C24H20B.C9H21N3.3C2H3N.Ni/c2*1-5-13-21(14-6-1)25(22-15-7-2-8-16-22,23-17-9-3-10-18-23)24-19-11-4-12-20-24;1-10-4-6-11(2)8-9-12(3)7-5-10;3*1-2-3;/h2*1-20H;4-9H2,1-3H3;3*1H3;/q2*-1;;;;;+2. The summed E-state index contributed by atoms with van der Waals surface area (Å²) in [5, 5.41) is 22.0. The fraction of sp³-hybridized carbons (Fsp3) is 0.190. The minimum absolute atomic E-state index is 0. The molecule has 0 radical (unpaired) electrons. The van der Waals surface area contributed by atoms with Gasteiger partial charge in [0.1, 0.15) is 12.3 Å². The van der Waals surface area contributed by atoms with E-state index in [2.05, 4.69) is 278 Å². The van der Waals surface area contributed by atoms with Gasteiger partial charge in [0.25, 0.3) is 0 Å². The van der Waals surface area contributed by atoms with E-state index in [1.165, 1.54) is 104 Å². The first-order valence-electron chi connectivity index (χ1n) is 24.5. The number of benzene rings is 8. The molecular formula is C63H70B2N6Ni. The van der Waals surface area contributed by atoms with Crippen molar-refractivity contribution in [3.63, 3.8) is 0 Å². The Balaban J connectivity index is 0.000000274. The molecule has 6 nitrogen and oxygen atoms in total. The molecular weight excluding hydrogens is 921 g/mol. The maximum atomic E-state index is 7.32. The summed E-state index contributed by atoms with van der Waals surface area (Å²) in [4.78, 5) is 7.20. The Kier molecular flexibility index (Phi) is 27.3. The first-order chi connectivity index (χ1) is 34.8. The van der Waals surface area contributed by atoms with Gasteiger partial charge in [0.05, 0.1) is 18.2 Å². The van der Waals surface area contributed by atoms with Crippen molar-refractivity contribution in [3.8, 4) is 18.2 Å². The molecule has 0 unspecified atom stereocenters. The zero-order valence-electron chi connectivity index (χ0n) is 43.0. The van der Waals surface area contributed by atoms with Crippen LogP contribution < -0.4 is 43.7 Å². The fourth-order valence-corrected chi connectivity index (χ4v) is 9.60. The molecule has 0 bridgehead atoms. The zero-order valence-corrected chi connectivity index (χ0v) is 44.0. The molecule has 8 aromatic carbocycles. The van der Waals surface area contributed by atoms with Crippen LogP contribution in [0.15, 0.2) is 243 Å². The number of likely N-dealkylation sites (N-methyl/N-ethyl adjacent to an activating group) is 3. The maximum absolute atomic E-state index is 7.32. The number of rotatable bonds is 8. The van der Waals surface area contributed by atoms with Gasteiger partial charge in [-0.1, -0.05) is 243 Å². The van der Waals surface area contributed by atoms with E-state index in [0.717, 1.165) is 0 Å². The van der Waals surface area contributed by atoms with E-state index in [-0.39, 0.29) is 16.5 Å². The van der Waals surface area contributed by atoms with Crippen LogP contribution in [0.1, 0.15) is 20.8 Å². The topological polar surface area (TPSA) is 81.1 Å². The molecule has 9 rings (SSSR count). The Labute approximate surface area is 442 Å². The zero-order chi connectivity index (χ0) is 51.0. The van der Waals surface area contributed by atoms with Gasteiger partial charge < -0.3 is 14.7 Å². The monoisotopic (exact) mass is 991 g/mol. The van der Waals surface area contributed by atoms with Crippen molar-refractivity contribution in [1.29, 1.82) is 15.8 Å². The Hall–Kier alpha value is -7.27. The van der Waals surface area contributed by atoms with Crippen molar-refractivity contribution in [2.24, 2.45) is 0 Å². The summed E-state index contributed by atoms with van der Waals surface area (Å²) >= 11 is 0. The Morgan fingerprint density at radius 3 is 0.458 bits per heavy atom. The molecule has 0 spiro atoms. The first-order valence-corrected chi connectivity index (χ1v) is 24.5. The summed E-state index contributed by atoms with van der Waals surface area (Å²) in [5.74, 6) is 0. The van der Waals surface area contributed by atoms with E-state index >= 15 is 0 Å². The van der Waals surface area contributed by atoms with Gasteiger partial charge in [-0.2, -0.15) is 59.5 Å². The average molecular weight is 992 g/mol. The Morgan fingerprint density at radius 2 is 0.361 bits per heavy atom. The van der Waals surface area contributed by atoms with Gasteiger partial charge in [-0.05, 0) is 21.1 Å². The number of hydrogen-bond acceptors (Lipinski definition) is 6. The van der Waals surface area contributed by atoms with E-state index in [9.17, 15) is 0 Å². The van der Waals surface area contributed by atoms with Crippen LogP contribution >= 0.6 is 0 Å². The van der Waals surface area contributed by atoms with E-state index in [1.54, 1.807) is 18.2 Å². The molecule has 0 saturated carbocycles. The van der Waals surface area contributed by atoms with Crippen LogP contribution in [0, 0.1) is 34.0 Å². The molecule has 1 fully saturated rings. The fourth-order valence-electron chi connectivity index (χ4n) is 9.60. The molecule has 1 saturated heterocycles. The van der Waals surface area contributed by atoms with Crippen LogP contribution in [0.25, 0.3) is 0 Å². The minimum atomic E-state index is -1.22. The second-order valence-electron chi connectivity index (χ2n) is 17.6. The van der Waals surface area contributed by atoms with E-state index < -0.39 is 12.3 Å². The van der Waals surface area contributed by atoms with Crippen LogP contribution in [-0.2, 0) is 16.5 Å². The van der Waals surface area contributed by atoms with Crippen molar-refractivity contribution >= 4 is 56.0 Å². The third kappa shape index (κ3) is 16.7. The second kappa shape index (κ2) is 33.3. The predicted octanol–water partition coefficient (Wildman–Crippen LogP) is 7.51. The van der Waals surface area contributed by atoms with Gasteiger partial charge in [-0.15, -0.1) is 0 Å². The molecule has 0 aliphatic carbocycles. The maximum Gasteiger partial charge on any atom is 2.00 e. The summed E-state index contributed by atoms with van der Waals surface area (Å²) in [6.45, 7) is 11.5. The molecule has 8 aromatic rings. The first kappa shape index (κ1) is 59.0. The molecule has 72 heavy (non-hydrogen) atoms. The van der Waals surface area contributed by atoms with Crippen LogP contribution in [0.5, 0.6) is 0 Å². The van der Waals surface area contributed by atoms with E-state index in [0.29, 0.717) is 0 Å². The van der Waals surface area contributed by atoms with Crippen LogP contribution in [-0.4, -0.2) is 87.4 Å². The molecule has 0 atom stereocenters. The van der Waals surface area contributed by atoms with Gasteiger partial charge in [0.15, 0.2) is 0 Å². The molecule has 1 heterocycles. The number of hydrogen-bond donors (Lipinski definition) is 0. The third-order valence-electron chi connectivity index (χ3n) is 13.0. The molecule has 1 aliphatic rings. The third-order valence-corrected chi connectivity index (χ3v) is 13.0. The van der Waals surface area contributed by atoms with Gasteiger partial charge >= 0.3 is 16.5 Å². The molecule has 0 N–H and O–H groups in total. The van der Waals surface area contributed by atoms with Gasteiger partial charge in [0, 0.05) is 60.0 Å². The van der Waals surface area contributed by atoms with Crippen LogP contribution in [0.2, 0.25) is 0 Å².